The third kappa shape index (κ3) is 2.81. The Labute approximate surface area is 116 Å². The van der Waals surface area contributed by atoms with Gasteiger partial charge >= 0.3 is 5.69 Å². The minimum Gasteiger partial charge on any atom is -0.302 e. The lowest BCUT2D eigenvalue weighted by Gasteiger charge is -2.18. The molecule has 1 aromatic heterocycles. The van der Waals surface area contributed by atoms with Crippen LogP contribution in [0.5, 0.6) is 0 Å². The number of nitriles is 1. The van der Waals surface area contributed by atoms with Gasteiger partial charge in [0.25, 0.3) is 15.6 Å². The van der Waals surface area contributed by atoms with E-state index in [1.807, 2.05) is 0 Å². The number of hydrogen-bond donors (Lipinski definition) is 0. The van der Waals surface area contributed by atoms with Crippen molar-refractivity contribution in [1.82, 2.24) is 13.4 Å². The number of aromatic nitrogens is 2. The first-order valence-electron chi connectivity index (χ1n) is 5.91. The molecule has 1 heterocycles. The van der Waals surface area contributed by atoms with Crippen molar-refractivity contribution in [2.75, 3.05) is 13.1 Å². The molecule has 0 fully saturated rings. The molecule has 1 rings (SSSR count). The Hall–Kier alpha value is -1.92. The molecule has 0 saturated heterocycles. The van der Waals surface area contributed by atoms with Crippen molar-refractivity contribution in [2.24, 2.45) is 14.1 Å². The molecular weight excluding hydrogens is 284 g/mol. The van der Waals surface area contributed by atoms with Crippen molar-refractivity contribution in [1.29, 1.82) is 5.26 Å². The molecule has 0 aromatic carbocycles. The maximum Gasteiger partial charge on any atom is 0.330 e. The Morgan fingerprint density at radius 2 is 1.95 bits per heavy atom. The molecule has 1 aromatic rings. The largest absolute Gasteiger partial charge is 0.330 e. The topological polar surface area (TPSA) is 105 Å². The zero-order valence-electron chi connectivity index (χ0n) is 11.5. The van der Waals surface area contributed by atoms with Crippen LogP contribution in [0.1, 0.15) is 13.3 Å². The molecule has 20 heavy (non-hydrogen) atoms. The van der Waals surface area contributed by atoms with E-state index in [0.29, 0.717) is 6.42 Å². The van der Waals surface area contributed by atoms with Crippen LogP contribution in [0.4, 0.5) is 0 Å². The van der Waals surface area contributed by atoms with Crippen LogP contribution >= 0.6 is 0 Å². The molecule has 0 amide bonds. The quantitative estimate of drug-likeness (QED) is 0.649. The fourth-order valence-corrected chi connectivity index (χ4v) is 3.28. The second-order valence-electron chi connectivity index (χ2n) is 4.25. The molecule has 0 aliphatic rings. The molecule has 0 bridgehead atoms. The first kappa shape index (κ1) is 16.1. The summed E-state index contributed by atoms with van der Waals surface area (Å²) in [5.74, 6) is 0. The lowest BCUT2D eigenvalue weighted by molar-refractivity contribution is 0.441. The smallest absolute Gasteiger partial charge is 0.302 e. The second kappa shape index (κ2) is 6.02. The molecule has 0 radical (unpaired) electrons. The van der Waals surface area contributed by atoms with E-state index in [9.17, 15) is 18.0 Å². The Balaban J connectivity index is 3.55. The fraction of sp³-hybridized carbons (Fsp3) is 0.545. The van der Waals surface area contributed by atoms with E-state index < -0.39 is 26.2 Å². The van der Waals surface area contributed by atoms with E-state index in [1.165, 1.54) is 14.1 Å². The number of hydrogen-bond acceptors (Lipinski definition) is 5. The van der Waals surface area contributed by atoms with Crippen molar-refractivity contribution in [2.45, 2.75) is 18.2 Å². The summed E-state index contributed by atoms with van der Waals surface area (Å²) in [6, 6.07) is 1.76. The number of nitrogens with zero attached hydrogens (tertiary/aromatic N) is 4. The van der Waals surface area contributed by atoms with Gasteiger partial charge < -0.3 is 4.57 Å². The second-order valence-corrected chi connectivity index (χ2v) is 6.15. The van der Waals surface area contributed by atoms with Crippen LogP contribution in [-0.4, -0.2) is 34.9 Å². The van der Waals surface area contributed by atoms with Crippen molar-refractivity contribution in [3.05, 3.63) is 27.0 Å². The SMILES string of the molecule is CCCN(CC#N)S(=O)(=O)c1cn(C)c(=O)n(C)c1=O. The minimum atomic E-state index is -4.10. The molecular formula is C11H16N4O4S. The first-order chi connectivity index (χ1) is 9.27. The highest BCUT2D eigenvalue weighted by Gasteiger charge is 2.28. The maximum atomic E-state index is 12.4. The summed E-state index contributed by atoms with van der Waals surface area (Å²) < 4.78 is 27.5. The van der Waals surface area contributed by atoms with Crippen LogP contribution in [-0.2, 0) is 24.1 Å². The lowest BCUT2D eigenvalue weighted by atomic mass is 10.5. The molecule has 9 heteroatoms. The zero-order chi connectivity index (χ0) is 15.5. The van der Waals surface area contributed by atoms with Crippen LogP contribution < -0.4 is 11.2 Å². The standard InChI is InChI=1S/C11H16N4O4S/c1-4-6-15(7-5-12)20(18,19)9-8-13(2)11(17)14(3)10(9)16/h8H,4,6-7H2,1-3H3. The molecule has 0 spiro atoms. The van der Waals surface area contributed by atoms with Gasteiger partial charge in [-0.15, -0.1) is 0 Å². The van der Waals surface area contributed by atoms with Crippen molar-refractivity contribution in [3.63, 3.8) is 0 Å². The Bertz CT molecular complexity index is 754. The molecule has 0 unspecified atom stereocenters. The van der Waals surface area contributed by atoms with Crippen molar-refractivity contribution >= 4 is 10.0 Å². The highest BCUT2D eigenvalue weighted by atomic mass is 32.2. The highest BCUT2D eigenvalue weighted by Crippen LogP contribution is 2.10. The van der Waals surface area contributed by atoms with E-state index in [-0.39, 0.29) is 13.1 Å². The van der Waals surface area contributed by atoms with Crippen LogP contribution in [0.3, 0.4) is 0 Å². The average molecular weight is 300 g/mol. The van der Waals surface area contributed by atoms with Gasteiger partial charge in [-0.1, -0.05) is 6.92 Å². The van der Waals surface area contributed by atoms with Gasteiger partial charge in [-0.25, -0.2) is 13.2 Å². The fourth-order valence-electron chi connectivity index (χ4n) is 1.70. The van der Waals surface area contributed by atoms with Gasteiger partial charge in [0, 0.05) is 26.8 Å². The third-order valence-electron chi connectivity index (χ3n) is 2.75. The maximum absolute atomic E-state index is 12.4. The average Bonchev–Trinajstić information content (AvgIpc) is 2.40. The molecule has 0 aliphatic carbocycles. The van der Waals surface area contributed by atoms with Crippen LogP contribution in [0.15, 0.2) is 20.7 Å². The summed E-state index contributed by atoms with van der Waals surface area (Å²) in [7, 11) is -1.54. The summed E-state index contributed by atoms with van der Waals surface area (Å²) in [4.78, 5) is 23.0. The van der Waals surface area contributed by atoms with Crippen LogP contribution in [0.25, 0.3) is 0 Å². The summed E-state index contributed by atoms with van der Waals surface area (Å²) in [6.45, 7) is 1.54. The van der Waals surface area contributed by atoms with Crippen molar-refractivity contribution in [3.8, 4) is 6.07 Å². The number of sulfonamides is 1. The summed E-state index contributed by atoms with van der Waals surface area (Å²) in [5.41, 5.74) is -1.51. The minimum absolute atomic E-state index is 0.127. The normalized spacial score (nSPS) is 11.6. The van der Waals surface area contributed by atoms with Gasteiger partial charge in [-0.3, -0.25) is 9.36 Å². The Morgan fingerprint density at radius 3 is 2.45 bits per heavy atom. The summed E-state index contributed by atoms with van der Waals surface area (Å²) >= 11 is 0. The predicted octanol–water partition coefficient (Wildman–Crippen LogP) is -0.992. The van der Waals surface area contributed by atoms with Crippen LogP contribution in [0, 0.1) is 11.3 Å². The molecule has 0 saturated carbocycles. The van der Waals surface area contributed by atoms with E-state index in [2.05, 4.69) is 0 Å². The third-order valence-corrected chi connectivity index (χ3v) is 4.58. The van der Waals surface area contributed by atoms with Gasteiger partial charge in [-0.2, -0.15) is 9.57 Å². The van der Waals surface area contributed by atoms with Crippen molar-refractivity contribution < 1.29 is 8.42 Å². The molecule has 0 aliphatic heterocycles. The zero-order valence-corrected chi connectivity index (χ0v) is 12.3. The van der Waals surface area contributed by atoms with Gasteiger partial charge in [0.1, 0.15) is 6.54 Å². The highest BCUT2D eigenvalue weighted by molar-refractivity contribution is 7.89. The van der Waals surface area contributed by atoms with E-state index in [0.717, 1.165) is 19.6 Å². The van der Waals surface area contributed by atoms with Gasteiger partial charge in [-0.05, 0) is 6.42 Å². The molecule has 8 nitrogen and oxygen atoms in total. The number of rotatable bonds is 5. The van der Waals surface area contributed by atoms with Gasteiger partial charge in [0.05, 0.1) is 6.07 Å². The molecule has 0 N–H and O–H groups in total. The van der Waals surface area contributed by atoms with Gasteiger partial charge in [0.2, 0.25) is 0 Å². The Morgan fingerprint density at radius 1 is 1.35 bits per heavy atom. The predicted molar refractivity (Wildman–Crippen MR) is 71.6 cm³/mol. The molecule has 0 atom stereocenters. The summed E-state index contributed by atoms with van der Waals surface area (Å²) in [5, 5.41) is 8.70. The van der Waals surface area contributed by atoms with Gasteiger partial charge in [0.15, 0.2) is 4.90 Å². The van der Waals surface area contributed by atoms with Crippen LogP contribution in [0.2, 0.25) is 0 Å². The number of aryl methyl sites for hydroxylation is 1. The summed E-state index contributed by atoms with van der Waals surface area (Å²) in [6.07, 6.45) is 1.49. The monoisotopic (exact) mass is 300 g/mol. The van der Waals surface area contributed by atoms with E-state index in [4.69, 9.17) is 5.26 Å². The van der Waals surface area contributed by atoms with E-state index >= 15 is 0 Å². The molecule has 110 valence electrons. The first-order valence-corrected chi connectivity index (χ1v) is 7.35. The van der Waals surface area contributed by atoms with E-state index in [1.54, 1.807) is 13.0 Å². The lowest BCUT2D eigenvalue weighted by Crippen LogP contribution is -2.43. The Kier molecular flexibility index (Phi) is 4.86.